The second kappa shape index (κ2) is 4.46. The summed E-state index contributed by atoms with van der Waals surface area (Å²) in [5, 5.41) is 0. The molecule has 3 rings (SSSR count). The zero-order valence-electron chi connectivity index (χ0n) is 11.2. The monoisotopic (exact) mass is 255 g/mol. The van der Waals surface area contributed by atoms with Crippen molar-refractivity contribution in [3.05, 3.63) is 41.6 Å². The number of aryl methyl sites for hydroxylation is 1. The number of rotatable bonds is 2. The molecule has 2 aromatic rings. The Hall–Kier alpha value is -2.23. The molecule has 1 aromatic heterocycles. The average Bonchev–Trinajstić information content (AvgIpc) is 2.85. The van der Waals surface area contributed by atoms with Gasteiger partial charge in [0.05, 0.1) is 18.5 Å². The Labute approximate surface area is 112 Å². The smallest absolute Gasteiger partial charge is 0.135 e. The second-order valence-electron chi connectivity index (χ2n) is 4.86. The summed E-state index contributed by atoms with van der Waals surface area (Å²) in [6, 6.07) is 8.19. The first-order valence-electron chi connectivity index (χ1n) is 6.37. The molecule has 0 radical (unpaired) electrons. The van der Waals surface area contributed by atoms with E-state index in [1.54, 1.807) is 6.20 Å². The Morgan fingerprint density at radius 3 is 2.95 bits per heavy atom. The van der Waals surface area contributed by atoms with Gasteiger partial charge in [0.2, 0.25) is 0 Å². The normalized spacial score (nSPS) is 12.9. The van der Waals surface area contributed by atoms with Crippen LogP contribution < -0.4 is 15.4 Å². The van der Waals surface area contributed by atoms with Gasteiger partial charge in [-0.15, -0.1) is 0 Å². The van der Waals surface area contributed by atoms with Crippen LogP contribution in [0.3, 0.4) is 0 Å². The number of nitrogens with two attached hydrogens (primary N) is 1. The Balaban J connectivity index is 1.97. The van der Waals surface area contributed by atoms with Gasteiger partial charge >= 0.3 is 0 Å². The van der Waals surface area contributed by atoms with Crippen LogP contribution in [0.1, 0.15) is 11.1 Å². The highest BCUT2D eigenvalue weighted by atomic mass is 16.5. The van der Waals surface area contributed by atoms with Crippen LogP contribution in [0, 0.1) is 6.92 Å². The quantitative estimate of drug-likeness (QED) is 0.896. The van der Waals surface area contributed by atoms with Crippen molar-refractivity contribution in [3.8, 4) is 5.75 Å². The number of aromatic nitrogens is 1. The number of benzene rings is 1. The van der Waals surface area contributed by atoms with Crippen molar-refractivity contribution in [2.75, 3.05) is 24.3 Å². The van der Waals surface area contributed by atoms with Gasteiger partial charge in [0, 0.05) is 19.2 Å². The van der Waals surface area contributed by atoms with Crippen LogP contribution in [0.15, 0.2) is 30.5 Å². The van der Waals surface area contributed by atoms with Crippen molar-refractivity contribution in [1.82, 2.24) is 4.98 Å². The minimum absolute atomic E-state index is 0.692. The Morgan fingerprint density at radius 2 is 2.16 bits per heavy atom. The molecule has 2 N–H and O–H groups in total. The molecule has 0 spiro atoms. The highest BCUT2D eigenvalue weighted by molar-refractivity contribution is 5.65. The Kier molecular flexibility index (Phi) is 2.78. The van der Waals surface area contributed by atoms with Gasteiger partial charge in [0.25, 0.3) is 0 Å². The van der Waals surface area contributed by atoms with Crippen LogP contribution >= 0.6 is 0 Å². The van der Waals surface area contributed by atoms with Gasteiger partial charge in [0.1, 0.15) is 11.6 Å². The SMILES string of the molecule is Cc1cc(N)cnc1N(C)c1ccc2c(c1)CCO2. The van der Waals surface area contributed by atoms with Crippen molar-refractivity contribution in [2.24, 2.45) is 0 Å². The predicted molar refractivity (Wildman–Crippen MR) is 77.1 cm³/mol. The maximum atomic E-state index is 5.74. The van der Waals surface area contributed by atoms with Gasteiger partial charge in [-0.3, -0.25) is 0 Å². The molecule has 1 aromatic carbocycles. The Bertz CT molecular complexity index is 625. The topological polar surface area (TPSA) is 51.4 Å². The first-order chi connectivity index (χ1) is 9.15. The molecule has 2 heterocycles. The summed E-state index contributed by atoms with van der Waals surface area (Å²) in [4.78, 5) is 6.49. The lowest BCUT2D eigenvalue weighted by Gasteiger charge is -2.21. The summed E-state index contributed by atoms with van der Waals surface area (Å²) in [5.41, 5.74) is 9.88. The zero-order chi connectivity index (χ0) is 13.4. The fourth-order valence-electron chi connectivity index (χ4n) is 2.44. The van der Waals surface area contributed by atoms with Crippen molar-refractivity contribution < 1.29 is 4.74 Å². The van der Waals surface area contributed by atoms with Crippen molar-refractivity contribution in [2.45, 2.75) is 13.3 Å². The summed E-state index contributed by atoms with van der Waals surface area (Å²) >= 11 is 0. The van der Waals surface area contributed by atoms with Crippen molar-refractivity contribution in [3.63, 3.8) is 0 Å². The molecule has 0 amide bonds. The predicted octanol–water partition coefficient (Wildman–Crippen LogP) is 2.68. The lowest BCUT2D eigenvalue weighted by atomic mass is 10.1. The van der Waals surface area contributed by atoms with E-state index in [-0.39, 0.29) is 0 Å². The molecule has 0 bridgehead atoms. The zero-order valence-corrected chi connectivity index (χ0v) is 11.2. The van der Waals surface area contributed by atoms with Crippen LogP contribution in [0.2, 0.25) is 0 Å². The minimum Gasteiger partial charge on any atom is -0.493 e. The average molecular weight is 255 g/mol. The molecule has 0 saturated carbocycles. The first-order valence-corrected chi connectivity index (χ1v) is 6.37. The number of hydrogen-bond donors (Lipinski definition) is 1. The molecule has 1 aliphatic rings. The molecule has 0 saturated heterocycles. The molecule has 19 heavy (non-hydrogen) atoms. The third-order valence-electron chi connectivity index (χ3n) is 3.45. The number of ether oxygens (including phenoxy) is 1. The molecular weight excluding hydrogens is 238 g/mol. The minimum atomic E-state index is 0.692. The van der Waals surface area contributed by atoms with E-state index in [0.29, 0.717) is 5.69 Å². The number of fused-ring (bicyclic) bond motifs is 1. The summed E-state index contributed by atoms with van der Waals surface area (Å²) in [7, 11) is 2.02. The van der Waals surface area contributed by atoms with E-state index in [4.69, 9.17) is 10.5 Å². The fraction of sp³-hybridized carbons (Fsp3) is 0.267. The van der Waals surface area contributed by atoms with Crippen LogP contribution in [0.5, 0.6) is 5.75 Å². The number of hydrogen-bond acceptors (Lipinski definition) is 4. The number of nitrogen functional groups attached to an aromatic ring is 1. The molecule has 0 unspecified atom stereocenters. The lowest BCUT2D eigenvalue weighted by Crippen LogP contribution is -2.13. The van der Waals surface area contributed by atoms with Crippen LogP contribution in [-0.4, -0.2) is 18.6 Å². The summed E-state index contributed by atoms with van der Waals surface area (Å²) < 4.78 is 5.53. The van der Waals surface area contributed by atoms with E-state index >= 15 is 0 Å². The molecule has 0 fully saturated rings. The summed E-state index contributed by atoms with van der Waals surface area (Å²) in [6.45, 7) is 2.80. The van der Waals surface area contributed by atoms with Gasteiger partial charge in [-0.25, -0.2) is 4.98 Å². The maximum absolute atomic E-state index is 5.74. The number of anilines is 3. The van der Waals surface area contributed by atoms with E-state index in [0.717, 1.165) is 35.8 Å². The van der Waals surface area contributed by atoms with Gasteiger partial charge in [0.15, 0.2) is 0 Å². The van der Waals surface area contributed by atoms with E-state index in [1.165, 1.54) is 5.56 Å². The standard InChI is InChI=1S/C15H17N3O/c1-10-7-12(16)9-17-15(10)18(2)13-3-4-14-11(8-13)5-6-19-14/h3-4,7-9H,5-6,16H2,1-2H3. The van der Waals surface area contributed by atoms with Gasteiger partial charge in [-0.1, -0.05) is 0 Å². The van der Waals surface area contributed by atoms with E-state index < -0.39 is 0 Å². The van der Waals surface area contributed by atoms with Crippen LogP contribution in [0.25, 0.3) is 0 Å². The molecule has 98 valence electrons. The maximum Gasteiger partial charge on any atom is 0.135 e. The van der Waals surface area contributed by atoms with Gasteiger partial charge in [-0.05, 0) is 42.3 Å². The molecule has 1 aliphatic heterocycles. The second-order valence-corrected chi connectivity index (χ2v) is 4.86. The van der Waals surface area contributed by atoms with Crippen LogP contribution in [0.4, 0.5) is 17.2 Å². The van der Waals surface area contributed by atoms with Crippen molar-refractivity contribution >= 4 is 17.2 Å². The molecular formula is C15H17N3O. The van der Waals surface area contributed by atoms with Gasteiger partial charge in [-0.2, -0.15) is 0 Å². The van der Waals surface area contributed by atoms with Crippen molar-refractivity contribution in [1.29, 1.82) is 0 Å². The molecule has 0 aliphatic carbocycles. The highest BCUT2D eigenvalue weighted by Gasteiger charge is 2.15. The summed E-state index contributed by atoms with van der Waals surface area (Å²) in [5.74, 6) is 1.92. The third-order valence-corrected chi connectivity index (χ3v) is 3.45. The first kappa shape index (κ1) is 11.8. The van der Waals surface area contributed by atoms with E-state index in [1.807, 2.05) is 26.1 Å². The van der Waals surface area contributed by atoms with E-state index in [9.17, 15) is 0 Å². The molecule has 4 heteroatoms. The lowest BCUT2D eigenvalue weighted by molar-refractivity contribution is 0.357. The Morgan fingerprint density at radius 1 is 1.32 bits per heavy atom. The summed E-state index contributed by atoms with van der Waals surface area (Å²) in [6.07, 6.45) is 2.67. The fourth-order valence-corrected chi connectivity index (χ4v) is 2.44. The van der Waals surface area contributed by atoms with Gasteiger partial charge < -0.3 is 15.4 Å². The number of pyridine rings is 1. The molecule has 0 atom stereocenters. The number of nitrogens with zero attached hydrogens (tertiary/aromatic N) is 2. The van der Waals surface area contributed by atoms with E-state index in [2.05, 4.69) is 22.0 Å². The molecule has 4 nitrogen and oxygen atoms in total. The van der Waals surface area contributed by atoms with Crippen LogP contribution in [-0.2, 0) is 6.42 Å². The highest BCUT2D eigenvalue weighted by Crippen LogP contribution is 2.32. The third kappa shape index (κ3) is 2.10. The largest absolute Gasteiger partial charge is 0.493 e.